The fourth-order valence-electron chi connectivity index (χ4n) is 3.31. The quantitative estimate of drug-likeness (QED) is 0.708. The molecule has 1 aromatic carbocycles. The molecular weight excluding hydrogens is 347 g/mol. The topological polar surface area (TPSA) is 52.6 Å². The molecule has 0 amide bonds. The van der Waals surface area contributed by atoms with Crippen LogP contribution in [0.2, 0.25) is 5.02 Å². The van der Waals surface area contributed by atoms with Crippen molar-refractivity contribution in [2.45, 2.75) is 46.1 Å². The Bertz CT molecular complexity index is 632. The molecule has 138 valence electrons. The Kier molecular flexibility index (Phi) is 6.82. The lowest BCUT2D eigenvalue weighted by Crippen LogP contribution is -2.36. The van der Waals surface area contributed by atoms with Crippen LogP contribution in [0.25, 0.3) is 0 Å². The predicted octanol–water partition coefficient (Wildman–Crippen LogP) is 4.64. The minimum absolute atomic E-state index is 0.0159. The van der Waals surface area contributed by atoms with Crippen LogP contribution in [0, 0.1) is 23.6 Å². The van der Waals surface area contributed by atoms with Gasteiger partial charge in [-0.1, -0.05) is 38.8 Å². The minimum Gasteiger partial charge on any atom is -0.460 e. The van der Waals surface area contributed by atoms with E-state index in [1.807, 2.05) is 0 Å². The molecule has 0 saturated heterocycles. The third-order valence-corrected chi connectivity index (χ3v) is 5.03. The first-order valence-electron chi connectivity index (χ1n) is 8.59. The summed E-state index contributed by atoms with van der Waals surface area (Å²) in [5, 5.41) is -0.0562. The van der Waals surface area contributed by atoms with E-state index in [0.29, 0.717) is 17.8 Å². The van der Waals surface area contributed by atoms with Crippen LogP contribution in [-0.2, 0) is 14.3 Å². The summed E-state index contributed by atoms with van der Waals surface area (Å²) < 4.78 is 23.5. The van der Waals surface area contributed by atoms with Crippen molar-refractivity contribution in [2.24, 2.45) is 17.8 Å². The zero-order valence-electron chi connectivity index (χ0n) is 14.8. The first-order valence-corrected chi connectivity index (χ1v) is 8.97. The third kappa shape index (κ3) is 5.43. The maximum Gasteiger partial charge on any atom is 0.344 e. The van der Waals surface area contributed by atoms with Crippen molar-refractivity contribution in [1.82, 2.24) is 0 Å². The van der Waals surface area contributed by atoms with Gasteiger partial charge in [-0.2, -0.15) is 0 Å². The van der Waals surface area contributed by atoms with E-state index in [9.17, 15) is 14.0 Å². The molecule has 1 saturated carbocycles. The van der Waals surface area contributed by atoms with Gasteiger partial charge in [-0.3, -0.25) is 0 Å². The summed E-state index contributed by atoms with van der Waals surface area (Å²) in [5.41, 5.74) is 0.0159. The lowest BCUT2D eigenvalue weighted by molar-refractivity contribution is -0.159. The highest BCUT2D eigenvalue weighted by Crippen LogP contribution is 2.35. The molecule has 0 radical (unpaired) electrons. The lowest BCUT2D eigenvalue weighted by Gasteiger charge is -2.36. The monoisotopic (exact) mass is 370 g/mol. The fourth-order valence-corrected chi connectivity index (χ4v) is 3.55. The van der Waals surface area contributed by atoms with Gasteiger partial charge < -0.3 is 9.47 Å². The highest BCUT2D eigenvalue weighted by molar-refractivity contribution is 6.33. The molecule has 1 aliphatic carbocycles. The Morgan fingerprint density at radius 3 is 2.68 bits per heavy atom. The number of ether oxygens (including phenoxy) is 2. The van der Waals surface area contributed by atoms with Crippen LogP contribution >= 0.6 is 11.6 Å². The molecule has 25 heavy (non-hydrogen) atoms. The first-order chi connectivity index (χ1) is 11.8. The summed E-state index contributed by atoms with van der Waals surface area (Å²) in [7, 11) is 0. The summed E-state index contributed by atoms with van der Waals surface area (Å²) >= 11 is 5.81. The van der Waals surface area contributed by atoms with Crippen molar-refractivity contribution in [3.05, 3.63) is 34.6 Å². The summed E-state index contributed by atoms with van der Waals surface area (Å²) in [6, 6.07) is 3.35. The summed E-state index contributed by atoms with van der Waals surface area (Å²) in [6.07, 6.45) is 2.84. The van der Waals surface area contributed by atoms with E-state index in [4.69, 9.17) is 21.1 Å². The van der Waals surface area contributed by atoms with E-state index in [1.54, 1.807) is 0 Å². The molecule has 1 aliphatic rings. The molecule has 0 heterocycles. The van der Waals surface area contributed by atoms with Crippen molar-refractivity contribution < 1.29 is 23.5 Å². The second-order valence-corrected chi connectivity index (χ2v) is 7.46. The van der Waals surface area contributed by atoms with Crippen molar-refractivity contribution in [3.8, 4) is 0 Å². The molecule has 1 aromatic rings. The van der Waals surface area contributed by atoms with Gasteiger partial charge in [0.05, 0.1) is 10.6 Å². The van der Waals surface area contributed by atoms with Crippen LogP contribution in [0.4, 0.5) is 4.39 Å². The maximum absolute atomic E-state index is 13.0. The molecule has 4 nitrogen and oxygen atoms in total. The maximum atomic E-state index is 13.0. The second-order valence-electron chi connectivity index (χ2n) is 7.05. The van der Waals surface area contributed by atoms with Gasteiger partial charge >= 0.3 is 11.9 Å². The number of carbonyl (C=O) groups excluding carboxylic acids is 2. The summed E-state index contributed by atoms with van der Waals surface area (Å²) in [5.74, 6) is -0.649. The number of esters is 2. The Morgan fingerprint density at radius 2 is 2.04 bits per heavy atom. The van der Waals surface area contributed by atoms with E-state index in [0.717, 1.165) is 31.4 Å². The van der Waals surface area contributed by atoms with E-state index in [1.165, 1.54) is 6.07 Å². The molecule has 0 unspecified atom stereocenters. The first kappa shape index (κ1) is 19.7. The van der Waals surface area contributed by atoms with Crippen LogP contribution in [0.3, 0.4) is 0 Å². The van der Waals surface area contributed by atoms with Gasteiger partial charge in [0.2, 0.25) is 0 Å². The predicted molar refractivity (Wildman–Crippen MR) is 92.9 cm³/mol. The van der Waals surface area contributed by atoms with Crippen molar-refractivity contribution in [2.75, 3.05) is 6.61 Å². The van der Waals surface area contributed by atoms with Crippen LogP contribution in [0.5, 0.6) is 0 Å². The van der Waals surface area contributed by atoms with Gasteiger partial charge in [0.15, 0.2) is 6.61 Å². The number of carbonyl (C=O) groups is 2. The van der Waals surface area contributed by atoms with Crippen molar-refractivity contribution in [3.63, 3.8) is 0 Å². The lowest BCUT2D eigenvalue weighted by atomic mass is 9.75. The van der Waals surface area contributed by atoms with E-state index >= 15 is 0 Å². The summed E-state index contributed by atoms with van der Waals surface area (Å²) in [6.45, 7) is 5.91. The van der Waals surface area contributed by atoms with E-state index in [-0.39, 0.29) is 16.7 Å². The second kappa shape index (κ2) is 8.65. The number of hydrogen-bond donors (Lipinski definition) is 0. The van der Waals surface area contributed by atoms with Crippen LogP contribution in [0.15, 0.2) is 18.2 Å². The van der Waals surface area contributed by atoms with Crippen LogP contribution in [-0.4, -0.2) is 24.6 Å². The Balaban J connectivity index is 1.90. The molecule has 3 atom stereocenters. The van der Waals surface area contributed by atoms with Gasteiger partial charge in [-0.05, 0) is 48.8 Å². The average molecular weight is 371 g/mol. The van der Waals surface area contributed by atoms with E-state index in [2.05, 4.69) is 20.8 Å². The average Bonchev–Trinajstić information content (AvgIpc) is 2.52. The normalized spacial score (nSPS) is 23.4. The molecule has 0 spiro atoms. The number of rotatable bonds is 5. The van der Waals surface area contributed by atoms with Crippen molar-refractivity contribution in [1.29, 1.82) is 0 Å². The Morgan fingerprint density at radius 1 is 1.32 bits per heavy atom. The molecule has 0 aliphatic heterocycles. The van der Waals surface area contributed by atoms with Crippen molar-refractivity contribution >= 4 is 23.5 Å². The molecular formula is C19H24ClFO4. The van der Waals surface area contributed by atoms with Gasteiger partial charge in [0, 0.05) is 0 Å². The Hall–Kier alpha value is -1.62. The zero-order chi connectivity index (χ0) is 18.6. The molecule has 6 heteroatoms. The standard InChI is InChI=1S/C19H24ClFO4/c1-11(2)14-6-4-12(3)8-17(14)25-18(22)10-24-19(23)15-7-5-13(21)9-16(15)20/h5,7,9,11-12,14,17H,4,6,8,10H2,1-3H3/t12-,14-,17+/m1/s1. The number of hydrogen-bond acceptors (Lipinski definition) is 4. The molecule has 0 bridgehead atoms. The molecule has 2 rings (SSSR count). The highest BCUT2D eigenvalue weighted by Gasteiger charge is 2.33. The number of benzene rings is 1. The van der Waals surface area contributed by atoms with Crippen LogP contribution < -0.4 is 0 Å². The fraction of sp³-hybridized carbons (Fsp3) is 0.579. The zero-order valence-corrected chi connectivity index (χ0v) is 15.5. The Labute approximate surface area is 152 Å². The van der Waals surface area contributed by atoms with Gasteiger partial charge in [0.25, 0.3) is 0 Å². The molecule has 1 fully saturated rings. The minimum atomic E-state index is -0.778. The van der Waals surface area contributed by atoms with E-state index < -0.39 is 24.4 Å². The number of halogens is 2. The van der Waals surface area contributed by atoms with Crippen LogP contribution in [0.1, 0.15) is 50.4 Å². The SMILES string of the molecule is CC(C)[C@H]1CC[C@@H](C)C[C@@H]1OC(=O)COC(=O)c1ccc(F)cc1Cl. The third-order valence-electron chi connectivity index (χ3n) is 4.72. The smallest absolute Gasteiger partial charge is 0.344 e. The van der Waals surface area contributed by atoms with Gasteiger partial charge in [-0.25, -0.2) is 14.0 Å². The highest BCUT2D eigenvalue weighted by atomic mass is 35.5. The largest absolute Gasteiger partial charge is 0.460 e. The summed E-state index contributed by atoms with van der Waals surface area (Å²) in [4.78, 5) is 24.0. The van der Waals surface area contributed by atoms with Gasteiger partial charge in [-0.15, -0.1) is 0 Å². The molecule has 0 aromatic heterocycles. The molecule has 0 N–H and O–H groups in total. The van der Waals surface area contributed by atoms with Gasteiger partial charge in [0.1, 0.15) is 11.9 Å².